The second-order valence-corrected chi connectivity index (χ2v) is 5.09. The zero-order valence-corrected chi connectivity index (χ0v) is 11.1. The van der Waals surface area contributed by atoms with Gasteiger partial charge in [0.05, 0.1) is 6.42 Å². The zero-order valence-electron chi connectivity index (χ0n) is 11.1. The molecule has 6 nitrogen and oxygen atoms in total. The molecule has 1 heterocycles. The van der Waals surface area contributed by atoms with Crippen LogP contribution < -0.4 is 10.9 Å². The Kier molecular flexibility index (Phi) is 4.55. The van der Waals surface area contributed by atoms with E-state index in [1.54, 1.807) is 18.3 Å². The summed E-state index contributed by atoms with van der Waals surface area (Å²) < 4.78 is 1.46. The normalized spacial score (nSPS) is 15.6. The van der Waals surface area contributed by atoms with Crippen molar-refractivity contribution in [2.24, 2.45) is 5.92 Å². The van der Waals surface area contributed by atoms with E-state index in [0.29, 0.717) is 6.54 Å². The monoisotopic (exact) mass is 278 g/mol. The summed E-state index contributed by atoms with van der Waals surface area (Å²) in [4.78, 5) is 34.1. The minimum Gasteiger partial charge on any atom is -0.481 e. The molecule has 1 aromatic heterocycles. The number of hydrogen-bond donors (Lipinski definition) is 2. The Morgan fingerprint density at radius 1 is 1.40 bits per heavy atom. The van der Waals surface area contributed by atoms with E-state index in [1.807, 2.05) is 0 Å². The second-order valence-electron chi connectivity index (χ2n) is 5.09. The number of pyridine rings is 1. The fourth-order valence-corrected chi connectivity index (χ4v) is 2.17. The van der Waals surface area contributed by atoms with Crippen LogP contribution in [0, 0.1) is 5.92 Å². The first-order chi connectivity index (χ1) is 9.56. The first kappa shape index (κ1) is 14.3. The second kappa shape index (κ2) is 6.36. The maximum Gasteiger partial charge on any atom is 0.305 e. The largest absolute Gasteiger partial charge is 0.481 e. The van der Waals surface area contributed by atoms with Crippen molar-refractivity contribution in [1.82, 2.24) is 9.88 Å². The number of amides is 1. The summed E-state index contributed by atoms with van der Waals surface area (Å²) in [6.07, 6.45) is 3.70. The number of aryl methyl sites for hydroxylation is 1. The number of nitrogens with one attached hydrogen (secondary N) is 1. The lowest BCUT2D eigenvalue weighted by molar-refractivity contribution is -0.137. The van der Waals surface area contributed by atoms with E-state index in [4.69, 9.17) is 5.11 Å². The van der Waals surface area contributed by atoms with Gasteiger partial charge >= 0.3 is 5.97 Å². The molecule has 2 N–H and O–H groups in total. The first-order valence-electron chi connectivity index (χ1n) is 6.73. The van der Waals surface area contributed by atoms with Gasteiger partial charge in [-0.3, -0.25) is 14.4 Å². The molecule has 0 radical (unpaired) electrons. The fourth-order valence-electron chi connectivity index (χ4n) is 2.17. The summed E-state index contributed by atoms with van der Waals surface area (Å²) in [7, 11) is 0. The molecule has 1 aliphatic rings. The molecule has 20 heavy (non-hydrogen) atoms. The predicted molar refractivity (Wildman–Crippen MR) is 72.2 cm³/mol. The van der Waals surface area contributed by atoms with E-state index in [-0.39, 0.29) is 36.3 Å². The summed E-state index contributed by atoms with van der Waals surface area (Å²) >= 11 is 0. The van der Waals surface area contributed by atoms with Crippen molar-refractivity contribution in [3.05, 3.63) is 34.7 Å². The third kappa shape index (κ3) is 4.22. The van der Waals surface area contributed by atoms with Gasteiger partial charge in [-0.2, -0.15) is 0 Å². The number of hydrogen-bond acceptors (Lipinski definition) is 3. The summed E-state index contributed by atoms with van der Waals surface area (Å²) in [5.41, 5.74) is -0.149. The Bertz CT molecular complexity index is 548. The Morgan fingerprint density at radius 2 is 2.15 bits per heavy atom. The highest BCUT2D eigenvalue weighted by Gasteiger charge is 2.33. The van der Waals surface area contributed by atoms with Gasteiger partial charge in [0.25, 0.3) is 5.56 Å². The van der Waals surface area contributed by atoms with Crippen molar-refractivity contribution in [3.63, 3.8) is 0 Å². The van der Waals surface area contributed by atoms with Crippen LogP contribution in [0.25, 0.3) is 0 Å². The average molecular weight is 278 g/mol. The molecule has 0 bridgehead atoms. The summed E-state index contributed by atoms with van der Waals surface area (Å²) in [5, 5.41) is 11.6. The number of nitrogens with zero attached hydrogens (tertiary/aromatic N) is 1. The topological polar surface area (TPSA) is 88.4 Å². The van der Waals surface area contributed by atoms with Gasteiger partial charge < -0.3 is 15.0 Å². The SMILES string of the molecule is O=C(O)CC(NC(=O)CCn1ccccc1=O)C1CC1. The number of aromatic nitrogens is 1. The van der Waals surface area contributed by atoms with Gasteiger partial charge in [-0.1, -0.05) is 6.07 Å². The molecule has 1 aromatic rings. The van der Waals surface area contributed by atoms with Crippen LogP contribution in [-0.4, -0.2) is 27.6 Å². The highest BCUT2D eigenvalue weighted by atomic mass is 16.4. The van der Waals surface area contributed by atoms with Gasteiger partial charge in [-0.25, -0.2) is 0 Å². The fraction of sp³-hybridized carbons (Fsp3) is 0.500. The summed E-state index contributed by atoms with van der Waals surface area (Å²) in [6.45, 7) is 0.302. The van der Waals surface area contributed by atoms with Crippen molar-refractivity contribution < 1.29 is 14.7 Å². The minimum absolute atomic E-state index is 0.0400. The van der Waals surface area contributed by atoms with Crippen molar-refractivity contribution in [2.75, 3.05) is 0 Å². The molecule has 0 aromatic carbocycles. The van der Waals surface area contributed by atoms with Gasteiger partial charge in [0, 0.05) is 31.3 Å². The lowest BCUT2D eigenvalue weighted by Gasteiger charge is -2.16. The molecule has 1 aliphatic carbocycles. The van der Waals surface area contributed by atoms with E-state index < -0.39 is 5.97 Å². The van der Waals surface area contributed by atoms with Gasteiger partial charge in [-0.05, 0) is 24.8 Å². The molecule has 0 spiro atoms. The maximum absolute atomic E-state index is 11.8. The molecule has 1 atom stereocenters. The molecule has 6 heteroatoms. The number of carbonyl (C=O) groups excluding carboxylic acids is 1. The molecule has 2 rings (SSSR count). The quantitative estimate of drug-likeness (QED) is 0.764. The standard InChI is InChI=1S/C14H18N2O4/c17-12(6-8-16-7-2-1-3-13(16)18)15-11(9-14(19)20)10-4-5-10/h1-3,7,10-11H,4-6,8-9H2,(H,15,17)(H,19,20). The van der Waals surface area contributed by atoms with E-state index in [1.165, 1.54) is 10.6 Å². The lowest BCUT2D eigenvalue weighted by Crippen LogP contribution is -2.38. The summed E-state index contributed by atoms with van der Waals surface area (Å²) in [6, 6.07) is 4.54. The van der Waals surface area contributed by atoms with Crippen molar-refractivity contribution in [2.45, 2.75) is 38.3 Å². The zero-order chi connectivity index (χ0) is 14.5. The molecule has 1 fully saturated rings. The van der Waals surface area contributed by atoms with Crippen LogP contribution in [0.2, 0.25) is 0 Å². The van der Waals surface area contributed by atoms with Crippen LogP contribution in [0.1, 0.15) is 25.7 Å². The van der Waals surface area contributed by atoms with Crippen molar-refractivity contribution in [3.8, 4) is 0 Å². The minimum atomic E-state index is -0.901. The van der Waals surface area contributed by atoms with Crippen LogP contribution in [0.3, 0.4) is 0 Å². The third-order valence-electron chi connectivity index (χ3n) is 3.41. The molecule has 1 unspecified atom stereocenters. The summed E-state index contributed by atoms with van der Waals surface area (Å²) in [5.74, 6) is -0.824. The molecular weight excluding hydrogens is 260 g/mol. The highest BCUT2D eigenvalue weighted by Crippen LogP contribution is 2.34. The van der Waals surface area contributed by atoms with Crippen molar-refractivity contribution >= 4 is 11.9 Å². The molecule has 108 valence electrons. The van der Waals surface area contributed by atoms with Gasteiger partial charge in [0.15, 0.2) is 0 Å². The van der Waals surface area contributed by atoms with Crippen LogP contribution in [-0.2, 0) is 16.1 Å². The molecule has 1 amide bonds. The van der Waals surface area contributed by atoms with Crippen LogP contribution in [0.15, 0.2) is 29.2 Å². The number of aliphatic carboxylic acids is 1. The van der Waals surface area contributed by atoms with E-state index in [2.05, 4.69) is 5.32 Å². The van der Waals surface area contributed by atoms with Gasteiger partial charge in [-0.15, -0.1) is 0 Å². The first-order valence-corrected chi connectivity index (χ1v) is 6.73. The average Bonchev–Trinajstić information content (AvgIpc) is 3.21. The van der Waals surface area contributed by atoms with E-state index in [9.17, 15) is 14.4 Å². The molecule has 0 aliphatic heterocycles. The number of carboxylic acid groups (broad SMARTS) is 1. The number of rotatable bonds is 7. The molecule has 0 saturated heterocycles. The van der Waals surface area contributed by atoms with E-state index in [0.717, 1.165) is 12.8 Å². The smallest absolute Gasteiger partial charge is 0.305 e. The Morgan fingerprint density at radius 3 is 2.75 bits per heavy atom. The Labute approximate surface area is 116 Å². The van der Waals surface area contributed by atoms with Crippen LogP contribution >= 0.6 is 0 Å². The van der Waals surface area contributed by atoms with E-state index >= 15 is 0 Å². The lowest BCUT2D eigenvalue weighted by atomic mass is 10.1. The molecule has 1 saturated carbocycles. The predicted octanol–water partition coefficient (Wildman–Crippen LogP) is 0.608. The van der Waals surface area contributed by atoms with Gasteiger partial charge in [0.2, 0.25) is 5.91 Å². The molecular formula is C14H18N2O4. The maximum atomic E-state index is 11.8. The number of carbonyl (C=O) groups is 2. The van der Waals surface area contributed by atoms with Crippen LogP contribution in [0.5, 0.6) is 0 Å². The van der Waals surface area contributed by atoms with Crippen molar-refractivity contribution in [1.29, 1.82) is 0 Å². The highest BCUT2D eigenvalue weighted by molar-refractivity contribution is 5.77. The van der Waals surface area contributed by atoms with Crippen LogP contribution in [0.4, 0.5) is 0 Å². The number of carboxylic acids is 1. The third-order valence-corrected chi connectivity index (χ3v) is 3.41. The van der Waals surface area contributed by atoms with Gasteiger partial charge in [0.1, 0.15) is 0 Å². The Balaban J connectivity index is 1.84. The Hall–Kier alpha value is -2.11.